The number of allylic oxidation sites excluding steroid dienone is 1. The lowest BCUT2D eigenvalue weighted by molar-refractivity contribution is -0.141. The second-order valence-corrected chi connectivity index (χ2v) is 20.2. The number of sulfonamides is 1. The van der Waals surface area contributed by atoms with Crippen LogP contribution in [0.15, 0.2) is 60.7 Å². The van der Waals surface area contributed by atoms with E-state index in [0.717, 1.165) is 55.0 Å². The quantitative estimate of drug-likeness (QED) is 0.247. The number of halogens is 1. The lowest BCUT2D eigenvalue weighted by Crippen LogP contribution is -2.58. The van der Waals surface area contributed by atoms with Gasteiger partial charge in [-0.3, -0.25) is 19.1 Å². The molecule has 318 valence electrons. The minimum atomic E-state index is -4.02. The van der Waals surface area contributed by atoms with Crippen molar-refractivity contribution in [3.8, 4) is 17.0 Å². The van der Waals surface area contributed by atoms with Gasteiger partial charge in [-0.25, -0.2) is 22.6 Å². The van der Waals surface area contributed by atoms with Gasteiger partial charge in [0.1, 0.15) is 46.6 Å². The molecule has 15 heteroatoms. The van der Waals surface area contributed by atoms with Crippen molar-refractivity contribution in [2.75, 3.05) is 6.54 Å². The lowest BCUT2D eigenvalue weighted by Gasteiger charge is -2.37. The molecule has 9 rings (SSSR count). The van der Waals surface area contributed by atoms with Gasteiger partial charge in [0.15, 0.2) is 0 Å². The number of rotatable bonds is 6. The number of hydrogen-bond acceptors (Lipinski definition) is 9. The molecule has 3 aromatic rings. The Hall–Kier alpha value is -5.05. The van der Waals surface area contributed by atoms with Gasteiger partial charge in [-0.1, -0.05) is 55.3 Å². The molecule has 4 amide bonds. The number of ether oxygens (including phenoxy) is 2. The van der Waals surface area contributed by atoms with Gasteiger partial charge in [0.25, 0.3) is 5.91 Å². The van der Waals surface area contributed by atoms with E-state index < -0.39 is 73.5 Å². The van der Waals surface area contributed by atoms with Crippen LogP contribution in [-0.2, 0) is 35.6 Å². The number of benzene rings is 2. The summed E-state index contributed by atoms with van der Waals surface area (Å²) < 4.78 is 55.3. The Kier molecular flexibility index (Phi) is 10.4. The van der Waals surface area contributed by atoms with Crippen LogP contribution >= 0.6 is 0 Å². The third kappa shape index (κ3) is 7.62. The van der Waals surface area contributed by atoms with Crippen LogP contribution in [0.4, 0.5) is 9.18 Å². The van der Waals surface area contributed by atoms with E-state index >= 15 is 0 Å². The van der Waals surface area contributed by atoms with Crippen molar-refractivity contribution in [1.82, 2.24) is 25.2 Å². The van der Waals surface area contributed by atoms with E-state index in [1.54, 1.807) is 19.1 Å². The number of nitrogens with one attached hydrogen (secondary N) is 3. The van der Waals surface area contributed by atoms with E-state index in [2.05, 4.69) is 15.4 Å². The van der Waals surface area contributed by atoms with Crippen LogP contribution in [0.2, 0.25) is 0 Å². The van der Waals surface area contributed by atoms with Crippen molar-refractivity contribution in [3.63, 3.8) is 0 Å². The number of alkyl carbamates (subject to hydrolysis) is 1. The number of para-hydroxylation sites is 1. The highest BCUT2D eigenvalue weighted by atomic mass is 32.2. The molecule has 0 bridgehead atoms. The molecule has 0 radical (unpaired) electrons. The number of fused-ring (bicyclic) bond motifs is 5. The number of hydrogen-bond donors (Lipinski definition) is 3. The molecule has 1 spiro atoms. The fraction of sp³-hybridized carbons (Fsp3) is 0.533. The van der Waals surface area contributed by atoms with Gasteiger partial charge >= 0.3 is 6.09 Å². The molecule has 5 atom stereocenters. The molecule has 13 nitrogen and oxygen atoms in total. The standard InChI is InChI=1S/C45H52FN5O8S/c1-43(22-23-43)60(56,57)50-41(54)45-25-29(45)13-5-3-2-4-6-19-35(48-42(55)58-31-15-7-8-16-31)40(53)51-27-44(26-36(51)39(52)49-45)21-20-33-32-17-9-10-18-34(32)47-37(38(33)59-44)28-12-11-14-30(46)24-28/h5,9-14,17-18,24,29,31,35-36H,2-4,6-8,15-16,19-23,25-27H2,1H3,(H,48,55)(H,49,52)(H,50,54)/b13-5-/t29?,35-,36-,44+,45+/m0/s1. The first-order valence-corrected chi connectivity index (χ1v) is 23.0. The number of carbonyl (C=O) groups is 4. The van der Waals surface area contributed by atoms with Gasteiger partial charge in [-0.15, -0.1) is 0 Å². The van der Waals surface area contributed by atoms with Crippen molar-refractivity contribution in [2.45, 2.75) is 137 Å². The van der Waals surface area contributed by atoms with Gasteiger partial charge < -0.3 is 25.0 Å². The Bertz CT molecular complexity index is 2380. The highest BCUT2D eigenvalue weighted by Gasteiger charge is 2.64. The molecule has 3 aliphatic heterocycles. The zero-order chi connectivity index (χ0) is 41.9. The molecule has 3 aliphatic carbocycles. The largest absolute Gasteiger partial charge is 0.483 e. The van der Waals surface area contributed by atoms with Gasteiger partial charge in [-0.2, -0.15) is 0 Å². The maximum Gasteiger partial charge on any atom is 0.408 e. The number of carbonyl (C=O) groups excluding carboxylic acids is 4. The molecule has 1 aromatic heterocycles. The summed E-state index contributed by atoms with van der Waals surface area (Å²) >= 11 is 0. The molecule has 4 heterocycles. The normalized spacial score (nSPS) is 29.5. The number of nitrogens with zero attached hydrogens (tertiary/aromatic N) is 2. The summed E-state index contributed by atoms with van der Waals surface area (Å²) in [6, 6.07) is 11.6. The third-order valence-corrected chi connectivity index (χ3v) is 15.8. The summed E-state index contributed by atoms with van der Waals surface area (Å²) in [6.07, 6.45) is 11.5. The second kappa shape index (κ2) is 15.4. The molecule has 3 N–H and O–H groups in total. The van der Waals surface area contributed by atoms with E-state index in [9.17, 15) is 32.0 Å². The fourth-order valence-electron chi connectivity index (χ4n) is 9.65. The van der Waals surface area contributed by atoms with E-state index in [0.29, 0.717) is 62.0 Å². The van der Waals surface area contributed by atoms with Gasteiger partial charge in [0, 0.05) is 28.9 Å². The van der Waals surface area contributed by atoms with E-state index in [4.69, 9.17) is 14.5 Å². The molecule has 3 saturated carbocycles. The maximum atomic E-state index is 15.0. The predicted octanol–water partition coefficient (Wildman–Crippen LogP) is 6.14. The first kappa shape index (κ1) is 40.4. The SMILES string of the molecule is CC1(S(=O)(=O)NC(=O)[C@@]23CC2/C=C\CCCCC[C@H](NC(=O)OC2CCCC2)C(=O)N2C[C@@]4(CCc5c(c(-c6cccc(F)c6)nc6ccccc56)O4)C[C@H]2C(=O)N3)CC1. The average molecular weight is 842 g/mol. The van der Waals surface area contributed by atoms with Crippen molar-refractivity contribution in [2.24, 2.45) is 5.92 Å². The molecular weight excluding hydrogens is 790 g/mol. The first-order chi connectivity index (χ1) is 28.8. The van der Waals surface area contributed by atoms with E-state index in [1.165, 1.54) is 17.0 Å². The predicted molar refractivity (Wildman–Crippen MR) is 221 cm³/mol. The molecular formula is C45H52FN5O8S. The van der Waals surface area contributed by atoms with Crippen molar-refractivity contribution >= 4 is 44.7 Å². The van der Waals surface area contributed by atoms with Crippen LogP contribution in [-0.4, -0.2) is 82.7 Å². The fourth-order valence-corrected chi connectivity index (χ4v) is 11.0. The van der Waals surface area contributed by atoms with Crippen LogP contribution in [0.3, 0.4) is 0 Å². The summed E-state index contributed by atoms with van der Waals surface area (Å²) in [5.74, 6) is -2.36. The highest BCUT2D eigenvalue weighted by Crippen LogP contribution is 2.50. The summed E-state index contributed by atoms with van der Waals surface area (Å²) in [4.78, 5) is 63.6. The molecule has 4 fully saturated rings. The Balaban J connectivity index is 1.08. The van der Waals surface area contributed by atoms with Crippen molar-refractivity contribution in [1.29, 1.82) is 0 Å². The molecule has 60 heavy (non-hydrogen) atoms. The molecule has 2 aromatic carbocycles. The van der Waals surface area contributed by atoms with Crippen LogP contribution in [0.5, 0.6) is 5.75 Å². The van der Waals surface area contributed by atoms with Crippen LogP contribution < -0.4 is 20.1 Å². The summed E-state index contributed by atoms with van der Waals surface area (Å²) in [5, 5.41) is 6.68. The monoisotopic (exact) mass is 841 g/mol. The van der Waals surface area contributed by atoms with Crippen LogP contribution in [0, 0.1) is 11.7 Å². The molecule has 1 unspecified atom stereocenters. The van der Waals surface area contributed by atoms with Crippen LogP contribution in [0.1, 0.15) is 102 Å². The number of amides is 4. The summed E-state index contributed by atoms with van der Waals surface area (Å²) in [7, 11) is -4.02. The minimum Gasteiger partial charge on any atom is -0.483 e. The number of aromatic nitrogens is 1. The zero-order valence-electron chi connectivity index (χ0n) is 33.8. The van der Waals surface area contributed by atoms with Gasteiger partial charge in [-0.05, 0) is 102 Å². The molecule has 6 aliphatic rings. The topological polar surface area (TPSA) is 173 Å². The lowest BCUT2D eigenvalue weighted by atomic mass is 9.86. The second-order valence-electron chi connectivity index (χ2n) is 18.0. The maximum absolute atomic E-state index is 15.0. The highest BCUT2D eigenvalue weighted by molar-refractivity contribution is 7.91. The van der Waals surface area contributed by atoms with Crippen molar-refractivity contribution in [3.05, 3.63) is 72.1 Å². The van der Waals surface area contributed by atoms with E-state index in [-0.39, 0.29) is 25.5 Å². The van der Waals surface area contributed by atoms with Crippen molar-refractivity contribution < 1.29 is 41.5 Å². The Morgan fingerprint density at radius 2 is 1.77 bits per heavy atom. The zero-order valence-corrected chi connectivity index (χ0v) is 34.7. The molecule has 1 saturated heterocycles. The smallest absolute Gasteiger partial charge is 0.408 e. The van der Waals surface area contributed by atoms with Crippen LogP contribution in [0.25, 0.3) is 22.2 Å². The van der Waals surface area contributed by atoms with E-state index in [1.807, 2.05) is 36.4 Å². The Morgan fingerprint density at radius 3 is 2.55 bits per heavy atom. The van der Waals surface area contributed by atoms with Gasteiger partial charge in [0.2, 0.25) is 21.8 Å². The number of aryl methyl sites for hydroxylation is 1. The number of pyridine rings is 1. The Labute approximate surface area is 349 Å². The van der Waals surface area contributed by atoms with Gasteiger partial charge in [0.05, 0.1) is 16.8 Å². The minimum absolute atomic E-state index is 0.0239. The summed E-state index contributed by atoms with van der Waals surface area (Å²) in [6.45, 7) is 1.57. The Morgan fingerprint density at radius 1 is 0.983 bits per heavy atom. The average Bonchev–Trinajstić information content (AvgIpc) is 4.02. The summed E-state index contributed by atoms with van der Waals surface area (Å²) in [5.41, 5.74) is -0.112. The first-order valence-electron chi connectivity index (χ1n) is 21.5. The third-order valence-electron chi connectivity index (χ3n) is 13.7.